The quantitative estimate of drug-likeness (QED) is 0.372. The third-order valence-corrected chi connectivity index (χ3v) is 5.31. The molecule has 0 bridgehead atoms. The Morgan fingerprint density at radius 1 is 1.23 bits per heavy atom. The SMILES string of the molecule is CCC1(CNC(=NC)NCc2coc(-c3ccc(C)cc3)n2)CCC1.I. The normalized spacial score (nSPS) is 15.7. The molecule has 2 aromatic rings. The summed E-state index contributed by atoms with van der Waals surface area (Å²) in [6.07, 6.45) is 6.91. The van der Waals surface area contributed by atoms with Crippen molar-refractivity contribution in [1.29, 1.82) is 0 Å². The molecule has 0 spiro atoms. The minimum atomic E-state index is 0. The van der Waals surface area contributed by atoms with E-state index in [2.05, 4.69) is 46.6 Å². The van der Waals surface area contributed by atoms with Gasteiger partial charge in [-0.1, -0.05) is 31.0 Å². The van der Waals surface area contributed by atoms with Crippen LogP contribution in [0.2, 0.25) is 0 Å². The van der Waals surface area contributed by atoms with Gasteiger partial charge in [-0.15, -0.1) is 24.0 Å². The van der Waals surface area contributed by atoms with E-state index in [9.17, 15) is 0 Å². The van der Waals surface area contributed by atoms with Gasteiger partial charge in [-0.3, -0.25) is 4.99 Å². The van der Waals surface area contributed by atoms with Crippen LogP contribution in [0.5, 0.6) is 0 Å². The number of guanidine groups is 1. The number of aromatic nitrogens is 1. The number of halogens is 1. The fourth-order valence-corrected chi connectivity index (χ4v) is 3.22. The molecule has 1 saturated carbocycles. The molecule has 26 heavy (non-hydrogen) atoms. The predicted molar refractivity (Wildman–Crippen MR) is 117 cm³/mol. The number of aryl methyl sites for hydroxylation is 1. The lowest BCUT2D eigenvalue weighted by Crippen LogP contribution is -2.46. The topological polar surface area (TPSA) is 62.5 Å². The average molecular weight is 468 g/mol. The summed E-state index contributed by atoms with van der Waals surface area (Å²) in [5.74, 6) is 1.47. The van der Waals surface area contributed by atoms with Gasteiger partial charge in [0, 0.05) is 19.2 Å². The molecule has 0 amide bonds. The Morgan fingerprint density at radius 3 is 2.54 bits per heavy atom. The highest BCUT2D eigenvalue weighted by atomic mass is 127. The molecular formula is C20H29IN4O. The number of nitrogens with one attached hydrogen (secondary N) is 2. The molecule has 2 N–H and O–H groups in total. The van der Waals surface area contributed by atoms with Gasteiger partial charge in [0.15, 0.2) is 5.96 Å². The van der Waals surface area contributed by atoms with Gasteiger partial charge in [0.25, 0.3) is 0 Å². The van der Waals surface area contributed by atoms with Crippen LogP contribution in [0.25, 0.3) is 11.5 Å². The van der Waals surface area contributed by atoms with Gasteiger partial charge in [-0.2, -0.15) is 0 Å². The highest BCUT2D eigenvalue weighted by molar-refractivity contribution is 14.0. The van der Waals surface area contributed by atoms with E-state index in [0.29, 0.717) is 17.9 Å². The fourth-order valence-electron chi connectivity index (χ4n) is 3.22. The van der Waals surface area contributed by atoms with Crippen LogP contribution in [0.4, 0.5) is 0 Å². The second kappa shape index (κ2) is 9.39. The smallest absolute Gasteiger partial charge is 0.226 e. The van der Waals surface area contributed by atoms with Gasteiger partial charge in [0.05, 0.1) is 12.2 Å². The Bertz CT molecular complexity index is 714. The van der Waals surface area contributed by atoms with Crippen molar-refractivity contribution in [2.24, 2.45) is 10.4 Å². The highest BCUT2D eigenvalue weighted by Crippen LogP contribution is 2.42. The van der Waals surface area contributed by atoms with E-state index in [1.54, 1.807) is 13.3 Å². The molecule has 5 nitrogen and oxygen atoms in total. The van der Waals surface area contributed by atoms with Crippen molar-refractivity contribution in [3.63, 3.8) is 0 Å². The zero-order chi connectivity index (χ0) is 17.7. The van der Waals surface area contributed by atoms with Crippen LogP contribution in [-0.4, -0.2) is 24.5 Å². The van der Waals surface area contributed by atoms with Gasteiger partial charge in [0.1, 0.15) is 6.26 Å². The summed E-state index contributed by atoms with van der Waals surface area (Å²) < 4.78 is 5.60. The number of aliphatic imine (C=N–C) groups is 1. The summed E-state index contributed by atoms with van der Waals surface area (Å²) in [6.45, 7) is 5.92. The van der Waals surface area contributed by atoms with E-state index >= 15 is 0 Å². The number of hydrogen-bond donors (Lipinski definition) is 2. The third kappa shape index (κ3) is 4.99. The molecule has 3 rings (SSSR count). The zero-order valence-corrected chi connectivity index (χ0v) is 18.2. The van der Waals surface area contributed by atoms with Gasteiger partial charge in [-0.25, -0.2) is 4.98 Å². The van der Waals surface area contributed by atoms with Crippen LogP contribution >= 0.6 is 24.0 Å². The van der Waals surface area contributed by atoms with Gasteiger partial charge >= 0.3 is 0 Å². The van der Waals surface area contributed by atoms with E-state index in [1.165, 1.54) is 31.2 Å². The maximum absolute atomic E-state index is 5.60. The zero-order valence-electron chi connectivity index (χ0n) is 15.8. The molecule has 0 aliphatic heterocycles. The summed E-state index contributed by atoms with van der Waals surface area (Å²) >= 11 is 0. The first-order valence-corrected chi connectivity index (χ1v) is 9.10. The summed E-state index contributed by atoms with van der Waals surface area (Å²) in [5.41, 5.74) is 3.55. The van der Waals surface area contributed by atoms with Crippen molar-refractivity contribution in [3.05, 3.63) is 41.8 Å². The van der Waals surface area contributed by atoms with E-state index < -0.39 is 0 Å². The maximum atomic E-state index is 5.60. The van der Waals surface area contributed by atoms with Crippen molar-refractivity contribution in [2.75, 3.05) is 13.6 Å². The Morgan fingerprint density at radius 2 is 1.96 bits per heavy atom. The van der Waals surface area contributed by atoms with E-state index in [4.69, 9.17) is 4.42 Å². The lowest BCUT2D eigenvalue weighted by molar-refractivity contribution is 0.131. The minimum absolute atomic E-state index is 0. The third-order valence-electron chi connectivity index (χ3n) is 5.31. The maximum Gasteiger partial charge on any atom is 0.226 e. The summed E-state index contributed by atoms with van der Waals surface area (Å²) in [5, 5.41) is 6.78. The molecule has 142 valence electrons. The average Bonchev–Trinajstić information content (AvgIpc) is 3.06. The van der Waals surface area contributed by atoms with Gasteiger partial charge < -0.3 is 15.1 Å². The molecular weight excluding hydrogens is 439 g/mol. The molecule has 1 fully saturated rings. The largest absolute Gasteiger partial charge is 0.444 e. The Hall–Kier alpha value is -1.57. The Kier molecular flexibility index (Phi) is 7.49. The molecule has 6 heteroatoms. The molecule has 1 aliphatic rings. The molecule has 0 saturated heterocycles. The van der Waals surface area contributed by atoms with Crippen LogP contribution in [0.1, 0.15) is 43.9 Å². The van der Waals surface area contributed by atoms with Gasteiger partial charge in [0.2, 0.25) is 5.89 Å². The summed E-state index contributed by atoms with van der Waals surface area (Å²) in [7, 11) is 1.80. The molecule has 0 radical (unpaired) electrons. The van der Waals surface area contributed by atoms with E-state index in [1.807, 2.05) is 12.1 Å². The summed E-state index contributed by atoms with van der Waals surface area (Å²) in [6, 6.07) is 8.18. The van der Waals surface area contributed by atoms with Crippen LogP contribution in [0, 0.1) is 12.3 Å². The van der Waals surface area contributed by atoms with Crippen molar-refractivity contribution >= 4 is 29.9 Å². The second-order valence-electron chi connectivity index (χ2n) is 7.00. The van der Waals surface area contributed by atoms with E-state index in [-0.39, 0.29) is 24.0 Å². The number of oxazole rings is 1. The lowest BCUT2D eigenvalue weighted by Gasteiger charge is -2.41. The Labute approximate surface area is 173 Å². The number of benzene rings is 1. The summed E-state index contributed by atoms with van der Waals surface area (Å²) in [4.78, 5) is 8.87. The highest BCUT2D eigenvalue weighted by Gasteiger charge is 2.34. The van der Waals surface area contributed by atoms with Crippen LogP contribution in [0.3, 0.4) is 0 Å². The van der Waals surface area contributed by atoms with Gasteiger partial charge in [-0.05, 0) is 43.7 Å². The molecule has 1 aromatic heterocycles. The minimum Gasteiger partial charge on any atom is -0.444 e. The van der Waals surface area contributed by atoms with Crippen molar-refractivity contribution < 1.29 is 4.42 Å². The first-order valence-electron chi connectivity index (χ1n) is 9.10. The molecule has 1 aromatic carbocycles. The fraction of sp³-hybridized carbons (Fsp3) is 0.500. The molecule has 1 aliphatic carbocycles. The first-order chi connectivity index (χ1) is 12.1. The first kappa shape index (κ1) is 20.7. The van der Waals surface area contributed by atoms with Crippen LogP contribution in [0.15, 0.2) is 39.9 Å². The van der Waals surface area contributed by atoms with E-state index in [0.717, 1.165) is 23.8 Å². The van der Waals surface area contributed by atoms with Crippen molar-refractivity contribution in [2.45, 2.75) is 46.1 Å². The molecule has 1 heterocycles. The molecule has 0 atom stereocenters. The molecule has 0 unspecified atom stereocenters. The number of hydrogen-bond acceptors (Lipinski definition) is 3. The number of nitrogens with zero attached hydrogens (tertiary/aromatic N) is 2. The number of rotatable bonds is 6. The lowest BCUT2D eigenvalue weighted by atomic mass is 9.67. The standard InChI is InChI=1S/C20H28N4O.HI/c1-4-20(10-5-11-20)14-23-19(21-3)22-12-17-13-25-18(24-17)16-8-6-15(2)7-9-16;/h6-9,13H,4-5,10-12,14H2,1-3H3,(H2,21,22,23);1H. The van der Waals surface area contributed by atoms with Crippen molar-refractivity contribution in [1.82, 2.24) is 15.6 Å². The van der Waals surface area contributed by atoms with Crippen molar-refractivity contribution in [3.8, 4) is 11.5 Å². The van der Waals surface area contributed by atoms with Crippen LogP contribution < -0.4 is 10.6 Å². The monoisotopic (exact) mass is 468 g/mol. The Balaban J connectivity index is 0.00000243. The predicted octanol–water partition coefficient (Wildman–Crippen LogP) is 4.51. The second-order valence-corrected chi connectivity index (χ2v) is 7.00. The van der Waals surface area contributed by atoms with Crippen LogP contribution in [-0.2, 0) is 6.54 Å².